The van der Waals surface area contributed by atoms with E-state index in [0.717, 1.165) is 11.1 Å². The summed E-state index contributed by atoms with van der Waals surface area (Å²) in [6, 6.07) is 23.5. The third-order valence-corrected chi connectivity index (χ3v) is 4.20. The van der Waals surface area contributed by atoms with Crippen LogP contribution in [0.1, 0.15) is 33.1 Å². The molecule has 0 aliphatic rings. The van der Waals surface area contributed by atoms with Crippen molar-refractivity contribution in [2.24, 2.45) is 0 Å². The highest BCUT2D eigenvalue weighted by Crippen LogP contribution is 2.23. The van der Waals surface area contributed by atoms with Gasteiger partial charge in [-0.3, -0.25) is 14.9 Å². The van der Waals surface area contributed by atoms with E-state index < -0.39 is 4.92 Å². The Morgan fingerprint density at radius 3 is 1.92 bits per heavy atom. The lowest BCUT2D eigenvalue weighted by molar-refractivity contribution is -0.385. The van der Waals surface area contributed by atoms with Crippen LogP contribution >= 0.6 is 0 Å². The van der Waals surface area contributed by atoms with Crippen molar-refractivity contribution < 1.29 is 9.72 Å². The second kappa shape index (κ2) is 7.61. The molecule has 130 valence electrons. The van der Waals surface area contributed by atoms with Gasteiger partial charge < -0.3 is 5.32 Å². The van der Waals surface area contributed by atoms with Crippen molar-refractivity contribution in [3.8, 4) is 0 Å². The number of nitro benzene ring substituents is 1. The molecule has 0 aliphatic heterocycles. The van der Waals surface area contributed by atoms with Gasteiger partial charge >= 0.3 is 0 Å². The van der Waals surface area contributed by atoms with Gasteiger partial charge in [-0.15, -0.1) is 0 Å². The van der Waals surface area contributed by atoms with Crippen molar-refractivity contribution in [2.45, 2.75) is 13.0 Å². The maximum absolute atomic E-state index is 12.8. The summed E-state index contributed by atoms with van der Waals surface area (Å²) < 4.78 is 0. The number of carbonyl (C=O) groups excluding carboxylic acids is 1. The van der Waals surface area contributed by atoms with E-state index in [1.807, 2.05) is 60.7 Å². The Labute approximate surface area is 151 Å². The van der Waals surface area contributed by atoms with E-state index in [-0.39, 0.29) is 17.6 Å². The summed E-state index contributed by atoms with van der Waals surface area (Å²) in [6.45, 7) is 1.63. The SMILES string of the molecule is Cc1cc(C(=O)NC(c2ccccc2)c2ccccc2)ccc1[N+](=O)[O-]. The highest BCUT2D eigenvalue weighted by molar-refractivity contribution is 5.95. The fourth-order valence-electron chi connectivity index (χ4n) is 2.87. The normalized spacial score (nSPS) is 10.5. The van der Waals surface area contributed by atoms with Gasteiger partial charge in [-0.25, -0.2) is 0 Å². The molecule has 3 aromatic carbocycles. The fraction of sp³-hybridized carbons (Fsp3) is 0.0952. The molecule has 0 aromatic heterocycles. The molecule has 0 heterocycles. The van der Waals surface area contributed by atoms with E-state index in [4.69, 9.17) is 0 Å². The van der Waals surface area contributed by atoms with Crippen LogP contribution in [0.5, 0.6) is 0 Å². The van der Waals surface area contributed by atoms with Crippen molar-refractivity contribution in [1.82, 2.24) is 5.32 Å². The van der Waals surface area contributed by atoms with Crippen LogP contribution in [0, 0.1) is 17.0 Å². The first-order valence-electron chi connectivity index (χ1n) is 8.22. The maximum atomic E-state index is 12.8. The monoisotopic (exact) mass is 346 g/mol. The molecule has 0 radical (unpaired) electrons. The molecule has 5 nitrogen and oxygen atoms in total. The van der Waals surface area contributed by atoms with Crippen molar-refractivity contribution >= 4 is 11.6 Å². The zero-order valence-electron chi connectivity index (χ0n) is 14.3. The summed E-state index contributed by atoms with van der Waals surface area (Å²) in [5, 5.41) is 14.0. The van der Waals surface area contributed by atoms with Gasteiger partial charge in [0.2, 0.25) is 0 Å². The van der Waals surface area contributed by atoms with E-state index in [0.29, 0.717) is 11.1 Å². The molecular weight excluding hydrogens is 328 g/mol. The van der Waals surface area contributed by atoms with Gasteiger partial charge in [0.25, 0.3) is 11.6 Å². The van der Waals surface area contributed by atoms with Gasteiger partial charge in [0.15, 0.2) is 0 Å². The second-order valence-electron chi connectivity index (χ2n) is 5.99. The van der Waals surface area contributed by atoms with Crippen LogP contribution in [0.25, 0.3) is 0 Å². The molecule has 3 rings (SSSR count). The van der Waals surface area contributed by atoms with Gasteiger partial charge in [0, 0.05) is 17.2 Å². The van der Waals surface area contributed by atoms with E-state index in [2.05, 4.69) is 5.32 Å². The average molecular weight is 346 g/mol. The van der Waals surface area contributed by atoms with Crippen LogP contribution in [0.2, 0.25) is 0 Å². The molecule has 0 saturated heterocycles. The molecule has 0 unspecified atom stereocenters. The molecule has 0 fully saturated rings. The first kappa shape index (κ1) is 17.4. The van der Waals surface area contributed by atoms with Crippen molar-refractivity contribution in [1.29, 1.82) is 0 Å². The third kappa shape index (κ3) is 3.78. The summed E-state index contributed by atoms with van der Waals surface area (Å²) in [7, 11) is 0. The summed E-state index contributed by atoms with van der Waals surface area (Å²) in [6.07, 6.45) is 0. The average Bonchev–Trinajstić information content (AvgIpc) is 2.67. The molecule has 0 saturated carbocycles. The Balaban J connectivity index is 1.91. The number of nitrogens with zero attached hydrogens (tertiary/aromatic N) is 1. The Kier molecular flexibility index (Phi) is 5.08. The standard InChI is InChI=1S/C21H18N2O3/c1-15-14-18(12-13-19(15)23(25)26)21(24)22-20(16-8-4-2-5-9-16)17-10-6-3-7-11-17/h2-14,20H,1H3,(H,22,24). The van der Waals surface area contributed by atoms with Gasteiger partial charge in [0.1, 0.15) is 0 Å². The number of rotatable bonds is 5. The van der Waals surface area contributed by atoms with Crippen molar-refractivity contribution in [2.75, 3.05) is 0 Å². The molecule has 0 bridgehead atoms. The molecule has 26 heavy (non-hydrogen) atoms. The lowest BCUT2D eigenvalue weighted by Gasteiger charge is -2.20. The van der Waals surface area contributed by atoms with E-state index in [1.54, 1.807) is 13.0 Å². The zero-order valence-corrected chi connectivity index (χ0v) is 14.3. The minimum absolute atomic E-state index is 0.00391. The lowest BCUT2D eigenvalue weighted by Crippen LogP contribution is -2.29. The van der Waals surface area contributed by atoms with E-state index in [1.165, 1.54) is 12.1 Å². The number of aryl methyl sites for hydroxylation is 1. The summed E-state index contributed by atoms with van der Waals surface area (Å²) in [5.74, 6) is -0.277. The first-order valence-corrected chi connectivity index (χ1v) is 8.22. The number of hydrogen-bond acceptors (Lipinski definition) is 3. The molecule has 5 heteroatoms. The van der Waals surface area contributed by atoms with Crippen LogP contribution in [0.3, 0.4) is 0 Å². The van der Waals surface area contributed by atoms with Gasteiger partial charge in [-0.05, 0) is 30.2 Å². The molecular formula is C21H18N2O3. The number of amides is 1. The number of nitro groups is 1. The largest absolute Gasteiger partial charge is 0.341 e. The van der Waals surface area contributed by atoms with Gasteiger partial charge in [-0.1, -0.05) is 60.7 Å². The molecule has 3 aromatic rings. The first-order chi connectivity index (χ1) is 12.6. The lowest BCUT2D eigenvalue weighted by atomic mass is 9.98. The number of carbonyl (C=O) groups is 1. The Bertz CT molecular complexity index is 885. The topological polar surface area (TPSA) is 72.2 Å². The summed E-state index contributed by atoms with van der Waals surface area (Å²) in [4.78, 5) is 23.3. The molecule has 0 aliphatic carbocycles. The van der Waals surface area contributed by atoms with Crippen LogP contribution < -0.4 is 5.32 Å². The molecule has 0 atom stereocenters. The minimum atomic E-state index is -0.451. The number of benzene rings is 3. The molecule has 1 N–H and O–H groups in total. The molecule has 0 spiro atoms. The molecule has 1 amide bonds. The second-order valence-corrected chi connectivity index (χ2v) is 5.99. The van der Waals surface area contributed by atoms with Gasteiger partial charge in [-0.2, -0.15) is 0 Å². The predicted molar refractivity (Wildman–Crippen MR) is 100 cm³/mol. The number of hydrogen-bond donors (Lipinski definition) is 1. The van der Waals surface area contributed by atoms with Crippen LogP contribution in [0.4, 0.5) is 5.69 Å². The van der Waals surface area contributed by atoms with Crippen LogP contribution in [0.15, 0.2) is 78.9 Å². The van der Waals surface area contributed by atoms with Crippen LogP contribution in [-0.4, -0.2) is 10.8 Å². The van der Waals surface area contributed by atoms with E-state index in [9.17, 15) is 14.9 Å². The maximum Gasteiger partial charge on any atom is 0.272 e. The summed E-state index contributed by atoms with van der Waals surface area (Å²) >= 11 is 0. The Morgan fingerprint density at radius 2 is 1.46 bits per heavy atom. The van der Waals surface area contributed by atoms with Crippen LogP contribution in [-0.2, 0) is 0 Å². The third-order valence-electron chi connectivity index (χ3n) is 4.20. The quantitative estimate of drug-likeness (QED) is 0.549. The highest BCUT2D eigenvalue weighted by atomic mass is 16.6. The minimum Gasteiger partial charge on any atom is -0.341 e. The van der Waals surface area contributed by atoms with Crippen molar-refractivity contribution in [3.63, 3.8) is 0 Å². The van der Waals surface area contributed by atoms with Gasteiger partial charge in [0.05, 0.1) is 11.0 Å². The van der Waals surface area contributed by atoms with E-state index >= 15 is 0 Å². The Morgan fingerprint density at radius 1 is 0.923 bits per heavy atom. The Hall–Kier alpha value is -3.47. The number of nitrogens with one attached hydrogen (secondary N) is 1. The smallest absolute Gasteiger partial charge is 0.272 e. The predicted octanol–water partition coefficient (Wildman–Crippen LogP) is 4.42. The summed E-state index contributed by atoms with van der Waals surface area (Å²) in [5.41, 5.74) is 2.78. The zero-order chi connectivity index (χ0) is 18.5. The highest BCUT2D eigenvalue weighted by Gasteiger charge is 2.19. The van der Waals surface area contributed by atoms with Crippen molar-refractivity contribution in [3.05, 3.63) is 111 Å². The fourth-order valence-corrected chi connectivity index (χ4v) is 2.87.